The van der Waals surface area contributed by atoms with Gasteiger partial charge in [0.05, 0.1) is 0 Å². The van der Waals surface area contributed by atoms with Gasteiger partial charge in [0.15, 0.2) is 0 Å². The van der Waals surface area contributed by atoms with Crippen molar-refractivity contribution in [2.24, 2.45) is 0 Å². The lowest BCUT2D eigenvalue weighted by Gasteiger charge is -2.13. The highest BCUT2D eigenvalue weighted by atomic mass is 15.1. The highest BCUT2D eigenvalue weighted by molar-refractivity contribution is 5.58. The Morgan fingerprint density at radius 3 is 2.42 bits per heavy atom. The molecule has 0 atom stereocenters. The van der Waals surface area contributed by atoms with Crippen LogP contribution in [0.5, 0.6) is 0 Å². The average Bonchev–Trinajstić information content (AvgIpc) is 2.03. The molecule has 64 valence electrons. The first kappa shape index (κ1) is 8.85. The van der Waals surface area contributed by atoms with Gasteiger partial charge in [0, 0.05) is 19.8 Å². The molecule has 0 amide bonds. The topological polar surface area (TPSA) is 3.24 Å². The second kappa shape index (κ2) is 3.44. The first-order valence-corrected chi connectivity index (χ1v) is 4.05. The van der Waals surface area contributed by atoms with Crippen molar-refractivity contribution < 1.29 is 0 Å². The molecular formula is C11H15N. The molecule has 0 heterocycles. The zero-order chi connectivity index (χ0) is 9.14. The van der Waals surface area contributed by atoms with Gasteiger partial charge in [0.1, 0.15) is 0 Å². The molecule has 0 aliphatic carbocycles. The monoisotopic (exact) mass is 161 g/mol. The van der Waals surface area contributed by atoms with E-state index in [1.54, 1.807) is 0 Å². The normalized spacial score (nSPS) is 9.58. The molecule has 0 bridgehead atoms. The number of nitrogens with zero attached hydrogens (tertiary/aromatic N) is 1. The Bertz CT molecular complexity index is 287. The van der Waals surface area contributed by atoms with E-state index in [0.717, 1.165) is 0 Å². The fourth-order valence-corrected chi connectivity index (χ4v) is 1.17. The lowest BCUT2D eigenvalue weighted by Crippen LogP contribution is -2.08. The first-order valence-electron chi connectivity index (χ1n) is 4.05. The van der Waals surface area contributed by atoms with E-state index in [1.807, 2.05) is 20.2 Å². The Balaban J connectivity index is 3.14. The summed E-state index contributed by atoms with van der Waals surface area (Å²) in [6, 6.07) is 6.41. The van der Waals surface area contributed by atoms with Gasteiger partial charge in [-0.1, -0.05) is 18.7 Å². The summed E-state index contributed by atoms with van der Waals surface area (Å²) in [7, 11) is 4.09. The van der Waals surface area contributed by atoms with Gasteiger partial charge < -0.3 is 4.90 Å². The zero-order valence-corrected chi connectivity index (χ0v) is 7.96. The van der Waals surface area contributed by atoms with Gasteiger partial charge in [-0.2, -0.15) is 0 Å². The van der Waals surface area contributed by atoms with Gasteiger partial charge in [-0.3, -0.25) is 0 Å². The van der Waals surface area contributed by atoms with E-state index in [2.05, 4.69) is 36.6 Å². The van der Waals surface area contributed by atoms with Crippen molar-refractivity contribution in [1.82, 2.24) is 0 Å². The maximum atomic E-state index is 3.75. The van der Waals surface area contributed by atoms with Crippen LogP contribution in [0.1, 0.15) is 11.1 Å². The third-order valence-corrected chi connectivity index (χ3v) is 1.84. The van der Waals surface area contributed by atoms with Crippen molar-refractivity contribution in [3.63, 3.8) is 0 Å². The van der Waals surface area contributed by atoms with E-state index in [-0.39, 0.29) is 0 Å². The van der Waals surface area contributed by atoms with Crippen LogP contribution in [0.4, 0.5) is 5.69 Å². The summed E-state index contributed by atoms with van der Waals surface area (Å²) in [6.07, 6.45) is 1.88. The molecule has 0 spiro atoms. The number of aryl methyl sites for hydroxylation is 1. The molecule has 12 heavy (non-hydrogen) atoms. The molecule has 0 unspecified atom stereocenters. The van der Waals surface area contributed by atoms with E-state index < -0.39 is 0 Å². The fraction of sp³-hybridized carbons (Fsp3) is 0.273. The molecule has 0 N–H and O–H groups in total. The molecule has 0 saturated heterocycles. The molecular weight excluding hydrogens is 146 g/mol. The molecule has 0 aromatic heterocycles. The molecule has 1 aromatic rings. The van der Waals surface area contributed by atoms with Gasteiger partial charge in [-0.15, -0.1) is 0 Å². The van der Waals surface area contributed by atoms with E-state index in [1.165, 1.54) is 16.8 Å². The highest BCUT2D eigenvalue weighted by Crippen LogP contribution is 2.17. The molecule has 0 fully saturated rings. The summed E-state index contributed by atoms with van der Waals surface area (Å²) in [5, 5.41) is 0. The first-order chi connectivity index (χ1) is 5.63. The summed E-state index contributed by atoms with van der Waals surface area (Å²) in [5.74, 6) is 0. The van der Waals surface area contributed by atoms with Crippen molar-refractivity contribution >= 4 is 11.8 Å². The second-order valence-electron chi connectivity index (χ2n) is 3.20. The molecule has 1 heteroatoms. The smallest absolute Gasteiger partial charge is 0.0369 e. The van der Waals surface area contributed by atoms with Crippen molar-refractivity contribution in [3.05, 3.63) is 35.9 Å². The summed E-state index contributed by atoms with van der Waals surface area (Å²) in [4.78, 5) is 2.10. The maximum Gasteiger partial charge on any atom is 0.0369 e. The minimum absolute atomic E-state index is 1.18. The highest BCUT2D eigenvalue weighted by Gasteiger charge is 1.96. The minimum Gasteiger partial charge on any atom is -0.378 e. The van der Waals surface area contributed by atoms with Gasteiger partial charge in [-0.05, 0) is 30.2 Å². The third kappa shape index (κ3) is 1.88. The largest absolute Gasteiger partial charge is 0.378 e. The molecule has 1 aromatic carbocycles. The number of hydrogen-bond donors (Lipinski definition) is 0. The molecule has 0 aliphatic rings. The van der Waals surface area contributed by atoms with Gasteiger partial charge >= 0.3 is 0 Å². The lowest BCUT2D eigenvalue weighted by molar-refractivity contribution is 1.13. The molecule has 0 aliphatic heterocycles. The van der Waals surface area contributed by atoms with Crippen LogP contribution in [0.2, 0.25) is 0 Å². The molecule has 1 nitrogen and oxygen atoms in total. The van der Waals surface area contributed by atoms with Crippen LogP contribution in [0, 0.1) is 6.92 Å². The van der Waals surface area contributed by atoms with Crippen LogP contribution in [0.15, 0.2) is 24.8 Å². The van der Waals surface area contributed by atoms with Gasteiger partial charge in [0.2, 0.25) is 0 Å². The van der Waals surface area contributed by atoms with Crippen molar-refractivity contribution in [2.45, 2.75) is 6.92 Å². The van der Waals surface area contributed by atoms with E-state index in [4.69, 9.17) is 0 Å². The Morgan fingerprint density at radius 2 is 1.92 bits per heavy atom. The van der Waals surface area contributed by atoms with Crippen molar-refractivity contribution in [3.8, 4) is 0 Å². The third-order valence-electron chi connectivity index (χ3n) is 1.84. The second-order valence-corrected chi connectivity index (χ2v) is 3.20. The molecule has 0 radical (unpaired) electrons. The average molecular weight is 161 g/mol. The Labute approximate surface area is 74.3 Å². The predicted molar refractivity (Wildman–Crippen MR) is 55.6 cm³/mol. The van der Waals surface area contributed by atoms with Crippen LogP contribution < -0.4 is 4.90 Å². The summed E-state index contributed by atoms with van der Waals surface area (Å²) in [6.45, 7) is 5.85. The van der Waals surface area contributed by atoms with Crippen LogP contribution in [0.25, 0.3) is 6.08 Å². The van der Waals surface area contributed by atoms with Gasteiger partial charge in [0.25, 0.3) is 0 Å². The fourth-order valence-electron chi connectivity index (χ4n) is 1.17. The number of hydrogen-bond acceptors (Lipinski definition) is 1. The summed E-state index contributed by atoms with van der Waals surface area (Å²) < 4.78 is 0. The molecule has 1 rings (SSSR count). The van der Waals surface area contributed by atoms with Crippen LogP contribution in [-0.4, -0.2) is 14.1 Å². The quantitative estimate of drug-likeness (QED) is 0.644. The lowest BCUT2D eigenvalue weighted by atomic mass is 10.1. The van der Waals surface area contributed by atoms with Gasteiger partial charge in [-0.25, -0.2) is 0 Å². The Kier molecular flexibility index (Phi) is 2.54. The Morgan fingerprint density at radius 1 is 1.25 bits per heavy atom. The number of benzene rings is 1. The van der Waals surface area contributed by atoms with E-state index in [0.29, 0.717) is 0 Å². The van der Waals surface area contributed by atoms with Crippen molar-refractivity contribution in [2.75, 3.05) is 19.0 Å². The SMILES string of the molecule is C=Cc1cc(C)cc(N(C)C)c1. The van der Waals surface area contributed by atoms with Crippen LogP contribution in [0.3, 0.4) is 0 Å². The standard InChI is InChI=1S/C11H15N/c1-5-10-6-9(2)7-11(8-10)12(3)4/h5-8H,1H2,2-4H3. The maximum absolute atomic E-state index is 3.75. The number of anilines is 1. The zero-order valence-electron chi connectivity index (χ0n) is 7.96. The molecule has 0 saturated carbocycles. The Hall–Kier alpha value is -1.24. The van der Waals surface area contributed by atoms with Crippen molar-refractivity contribution in [1.29, 1.82) is 0 Å². The summed E-state index contributed by atoms with van der Waals surface area (Å²) >= 11 is 0. The number of rotatable bonds is 2. The predicted octanol–water partition coefficient (Wildman–Crippen LogP) is 2.70. The summed E-state index contributed by atoms with van der Waals surface area (Å²) in [5.41, 5.74) is 3.68. The van der Waals surface area contributed by atoms with E-state index in [9.17, 15) is 0 Å². The van der Waals surface area contributed by atoms with Crippen LogP contribution in [-0.2, 0) is 0 Å². The van der Waals surface area contributed by atoms with Crippen LogP contribution >= 0.6 is 0 Å². The van der Waals surface area contributed by atoms with E-state index >= 15 is 0 Å². The minimum atomic E-state index is 1.18.